The maximum absolute atomic E-state index is 11.9. The molecule has 7 heteroatoms. The highest BCUT2D eigenvalue weighted by molar-refractivity contribution is 7.89. The van der Waals surface area contributed by atoms with Crippen LogP contribution in [-0.4, -0.2) is 14.7 Å². The second kappa shape index (κ2) is 5.68. The molecule has 0 fully saturated rings. The Labute approximate surface area is 115 Å². The summed E-state index contributed by atoms with van der Waals surface area (Å²) in [5, 5.41) is -0.248. The first-order valence-electron chi connectivity index (χ1n) is 5.67. The molecule has 5 nitrogen and oxygen atoms in total. The van der Waals surface area contributed by atoms with Crippen molar-refractivity contribution in [2.45, 2.75) is 25.0 Å². The van der Waals surface area contributed by atoms with Gasteiger partial charge in [-0.05, 0) is 30.7 Å². The minimum atomic E-state index is -3.71. The highest BCUT2D eigenvalue weighted by atomic mass is 32.2. The Hall–Kier alpha value is -1.44. The van der Waals surface area contributed by atoms with Crippen molar-refractivity contribution in [1.29, 1.82) is 0 Å². The van der Waals surface area contributed by atoms with E-state index in [-0.39, 0.29) is 17.4 Å². The van der Waals surface area contributed by atoms with Crippen molar-refractivity contribution in [2.75, 3.05) is 0 Å². The summed E-state index contributed by atoms with van der Waals surface area (Å²) in [6, 6.07) is 6.45. The summed E-state index contributed by atoms with van der Waals surface area (Å²) in [6.07, 6.45) is 1.39. The van der Waals surface area contributed by atoms with Crippen LogP contribution in [0.4, 0.5) is 0 Å². The summed E-state index contributed by atoms with van der Waals surface area (Å²) in [5.74, 6) is -0.00947. The lowest BCUT2D eigenvalue weighted by molar-refractivity contribution is 0.109. The quantitative estimate of drug-likeness (QED) is 0.830. The fourth-order valence-corrected chi connectivity index (χ4v) is 3.42. The predicted molar refractivity (Wildman–Crippen MR) is 71.8 cm³/mol. The Balaban J connectivity index is 2.07. The van der Waals surface area contributed by atoms with E-state index in [1.165, 1.54) is 17.0 Å². The van der Waals surface area contributed by atoms with Crippen LogP contribution in [0.15, 0.2) is 33.8 Å². The summed E-state index contributed by atoms with van der Waals surface area (Å²) >= 11 is 1.56. The van der Waals surface area contributed by atoms with Gasteiger partial charge in [-0.25, -0.2) is 13.1 Å². The van der Waals surface area contributed by atoms with Crippen LogP contribution in [0.2, 0.25) is 0 Å². The summed E-state index contributed by atoms with van der Waals surface area (Å²) < 4.78 is 31.1. The van der Waals surface area contributed by atoms with E-state index in [0.717, 1.165) is 11.3 Å². The number of carbonyl (C=O) groups is 1. The SMILES string of the molecule is CCc1ccc(CNS(=O)(=O)c2ccc(C=O)o2)s1. The second-order valence-electron chi connectivity index (χ2n) is 3.82. The molecule has 1 N–H and O–H groups in total. The standard InChI is InChI=1S/C12H13NO4S2/c1-2-10-4-5-11(18-10)7-13-19(15,16)12-6-3-9(8-14)17-12/h3-6,8,13H,2,7H2,1H3. The molecular formula is C12H13NO4S2. The molecule has 0 saturated carbocycles. The normalized spacial score (nSPS) is 11.6. The molecule has 0 unspecified atom stereocenters. The maximum Gasteiger partial charge on any atom is 0.274 e. The van der Waals surface area contributed by atoms with E-state index in [9.17, 15) is 13.2 Å². The molecule has 2 aromatic heterocycles. The molecule has 19 heavy (non-hydrogen) atoms. The molecule has 0 spiro atoms. The monoisotopic (exact) mass is 299 g/mol. The van der Waals surface area contributed by atoms with Crippen molar-refractivity contribution < 1.29 is 17.6 Å². The third-order valence-electron chi connectivity index (χ3n) is 2.49. The van der Waals surface area contributed by atoms with Crippen molar-refractivity contribution in [3.63, 3.8) is 0 Å². The zero-order valence-electron chi connectivity index (χ0n) is 10.3. The highest BCUT2D eigenvalue weighted by Gasteiger charge is 2.18. The Morgan fingerprint density at radius 2 is 2.00 bits per heavy atom. The van der Waals surface area contributed by atoms with Crippen molar-refractivity contribution in [3.05, 3.63) is 39.8 Å². The lowest BCUT2D eigenvalue weighted by atomic mass is 10.4. The van der Waals surface area contributed by atoms with Crippen molar-refractivity contribution in [2.24, 2.45) is 0 Å². The number of thiophene rings is 1. The molecule has 0 amide bonds. The van der Waals surface area contributed by atoms with Gasteiger partial charge in [0.25, 0.3) is 10.0 Å². The Morgan fingerprint density at radius 3 is 2.58 bits per heavy atom. The maximum atomic E-state index is 11.9. The van der Waals surface area contributed by atoms with E-state index in [2.05, 4.69) is 4.72 Å². The van der Waals surface area contributed by atoms with Gasteiger partial charge in [-0.1, -0.05) is 6.92 Å². The molecule has 0 aliphatic carbocycles. The molecule has 102 valence electrons. The molecule has 0 radical (unpaired) electrons. The van der Waals surface area contributed by atoms with Crippen LogP contribution in [0.1, 0.15) is 27.2 Å². The number of aldehydes is 1. The van der Waals surface area contributed by atoms with Crippen LogP contribution in [0.3, 0.4) is 0 Å². The number of carbonyl (C=O) groups excluding carboxylic acids is 1. The minimum absolute atomic E-state index is 0.00947. The van der Waals surface area contributed by atoms with Gasteiger partial charge in [-0.2, -0.15) is 0 Å². The highest BCUT2D eigenvalue weighted by Crippen LogP contribution is 2.18. The molecule has 0 atom stereocenters. The fourth-order valence-electron chi connectivity index (χ4n) is 1.49. The van der Waals surface area contributed by atoms with Gasteiger partial charge in [0.1, 0.15) is 0 Å². The Kier molecular flexibility index (Phi) is 4.18. The lowest BCUT2D eigenvalue weighted by Crippen LogP contribution is -2.22. The van der Waals surface area contributed by atoms with Gasteiger partial charge in [0.2, 0.25) is 5.09 Å². The van der Waals surface area contributed by atoms with Crippen LogP contribution < -0.4 is 4.72 Å². The van der Waals surface area contributed by atoms with Crippen LogP contribution in [0, 0.1) is 0 Å². The topological polar surface area (TPSA) is 76.4 Å². The largest absolute Gasteiger partial charge is 0.440 e. The number of hydrogen-bond donors (Lipinski definition) is 1. The molecule has 0 saturated heterocycles. The number of nitrogens with one attached hydrogen (secondary N) is 1. The smallest absolute Gasteiger partial charge is 0.274 e. The fraction of sp³-hybridized carbons (Fsp3) is 0.250. The van der Waals surface area contributed by atoms with E-state index >= 15 is 0 Å². The molecule has 0 aliphatic rings. The zero-order valence-corrected chi connectivity index (χ0v) is 11.9. The van der Waals surface area contributed by atoms with E-state index in [4.69, 9.17) is 4.42 Å². The molecule has 0 aromatic carbocycles. The molecule has 2 rings (SSSR count). The van der Waals surface area contributed by atoms with Crippen molar-refractivity contribution in [1.82, 2.24) is 4.72 Å². The summed E-state index contributed by atoms with van der Waals surface area (Å²) in [5.41, 5.74) is 0. The summed E-state index contributed by atoms with van der Waals surface area (Å²) in [6.45, 7) is 2.26. The van der Waals surface area contributed by atoms with E-state index in [0.29, 0.717) is 6.29 Å². The van der Waals surface area contributed by atoms with Crippen LogP contribution in [0.5, 0.6) is 0 Å². The molecular weight excluding hydrogens is 286 g/mol. The molecule has 0 aliphatic heterocycles. The average Bonchev–Trinajstić information content (AvgIpc) is 3.05. The third kappa shape index (κ3) is 3.31. The number of aryl methyl sites for hydroxylation is 1. The van der Waals surface area contributed by atoms with Gasteiger partial charge in [0.15, 0.2) is 12.0 Å². The second-order valence-corrected chi connectivity index (χ2v) is 6.77. The van der Waals surface area contributed by atoms with Gasteiger partial charge in [0.05, 0.1) is 0 Å². The van der Waals surface area contributed by atoms with Gasteiger partial charge < -0.3 is 4.42 Å². The minimum Gasteiger partial charge on any atom is -0.440 e. The first-order chi connectivity index (χ1) is 9.05. The lowest BCUT2D eigenvalue weighted by Gasteiger charge is -2.01. The predicted octanol–water partition coefficient (Wildman–Crippen LogP) is 2.19. The van der Waals surface area contributed by atoms with Crippen molar-refractivity contribution in [3.8, 4) is 0 Å². The molecule has 2 heterocycles. The van der Waals surface area contributed by atoms with E-state index in [1.54, 1.807) is 11.3 Å². The third-order valence-corrected chi connectivity index (χ3v) is 4.99. The molecule has 2 aromatic rings. The Morgan fingerprint density at radius 1 is 1.26 bits per heavy atom. The zero-order chi connectivity index (χ0) is 13.9. The van der Waals surface area contributed by atoms with E-state index in [1.807, 2.05) is 19.1 Å². The van der Waals surface area contributed by atoms with Crippen LogP contribution in [-0.2, 0) is 23.0 Å². The number of hydrogen-bond acceptors (Lipinski definition) is 5. The first kappa shape index (κ1) is 14.0. The number of rotatable bonds is 6. The van der Waals surface area contributed by atoms with Gasteiger partial charge in [0, 0.05) is 16.3 Å². The summed E-state index contributed by atoms with van der Waals surface area (Å²) in [7, 11) is -3.71. The summed E-state index contributed by atoms with van der Waals surface area (Å²) in [4.78, 5) is 12.6. The van der Waals surface area contributed by atoms with Gasteiger partial charge in [-0.3, -0.25) is 4.79 Å². The average molecular weight is 299 g/mol. The molecule has 0 bridgehead atoms. The van der Waals surface area contributed by atoms with E-state index < -0.39 is 10.0 Å². The number of furan rings is 1. The first-order valence-corrected chi connectivity index (χ1v) is 7.97. The van der Waals surface area contributed by atoms with Crippen LogP contribution >= 0.6 is 11.3 Å². The van der Waals surface area contributed by atoms with Gasteiger partial charge >= 0.3 is 0 Å². The Bertz CT molecular complexity index is 669. The number of sulfonamides is 1. The van der Waals surface area contributed by atoms with Crippen molar-refractivity contribution >= 4 is 27.6 Å². The van der Waals surface area contributed by atoms with Crippen LogP contribution in [0.25, 0.3) is 0 Å². The van der Waals surface area contributed by atoms with Gasteiger partial charge in [-0.15, -0.1) is 11.3 Å².